The van der Waals surface area contributed by atoms with E-state index in [4.69, 9.17) is 0 Å². The number of aromatic nitrogens is 3. The molecule has 0 bridgehead atoms. The minimum absolute atomic E-state index is 0.247. The highest BCUT2D eigenvalue weighted by atomic mass is 16.2. The predicted octanol–water partition coefficient (Wildman–Crippen LogP) is 2.01. The van der Waals surface area contributed by atoms with Crippen LogP contribution in [-0.2, 0) is 11.2 Å². The number of amides is 1. The van der Waals surface area contributed by atoms with Crippen molar-refractivity contribution in [2.24, 2.45) is 11.8 Å². The molecule has 134 valence electrons. The standard InChI is InChI=1S/C18H31N5O/c1-13(2)16-12-23(10-4-9-22(16)11-15-5-6-15)18(24)8-7-17-19-14(3)20-21-17/h13,15-16H,4-12H2,1-3H3,(H,19,20,21). The third-order valence-electron chi connectivity index (χ3n) is 5.27. The number of carbonyl (C=O) groups excluding carboxylic acids is 1. The number of aromatic amines is 1. The van der Waals surface area contributed by atoms with Gasteiger partial charge in [-0.05, 0) is 38.0 Å². The van der Waals surface area contributed by atoms with Gasteiger partial charge in [-0.15, -0.1) is 0 Å². The minimum Gasteiger partial charge on any atom is -0.341 e. The zero-order valence-corrected chi connectivity index (χ0v) is 15.3. The first-order valence-corrected chi connectivity index (χ1v) is 9.42. The molecule has 1 aliphatic heterocycles. The molecule has 1 atom stereocenters. The molecule has 2 aliphatic rings. The van der Waals surface area contributed by atoms with Crippen molar-refractivity contribution in [3.63, 3.8) is 0 Å². The lowest BCUT2D eigenvalue weighted by Crippen LogP contribution is -2.46. The third kappa shape index (κ3) is 4.56. The van der Waals surface area contributed by atoms with Gasteiger partial charge in [-0.3, -0.25) is 14.8 Å². The monoisotopic (exact) mass is 333 g/mol. The summed E-state index contributed by atoms with van der Waals surface area (Å²) >= 11 is 0. The van der Waals surface area contributed by atoms with Crippen molar-refractivity contribution in [3.05, 3.63) is 11.6 Å². The third-order valence-corrected chi connectivity index (χ3v) is 5.27. The van der Waals surface area contributed by atoms with E-state index in [9.17, 15) is 4.79 Å². The molecule has 1 aromatic rings. The van der Waals surface area contributed by atoms with Crippen LogP contribution in [0.2, 0.25) is 0 Å². The summed E-state index contributed by atoms with van der Waals surface area (Å²) in [6.07, 6.45) is 4.99. The Morgan fingerprint density at radius 1 is 1.33 bits per heavy atom. The molecular weight excluding hydrogens is 302 g/mol. The summed E-state index contributed by atoms with van der Waals surface area (Å²) in [6, 6.07) is 0.489. The van der Waals surface area contributed by atoms with E-state index in [-0.39, 0.29) is 5.91 Å². The van der Waals surface area contributed by atoms with Crippen molar-refractivity contribution >= 4 is 5.91 Å². The number of nitrogens with one attached hydrogen (secondary N) is 1. The number of aryl methyl sites for hydroxylation is 2. The zero-order chi connectivity index (χ0) is 17.1. The summed E-state index contributed by atoms with van der Waals surface area (Å²) in [5, 5.41) is 6.97. The molecular formula is C18H31N5O. The maximum absolute atomic E-state index is 12.7. The normalized spacial score (nSPS) is 22.8. The molecule has 6 nitrogen and oxygen atoms in total. The largest absolute Gasteiger partial charge is 0.341 e. The molecule has 3 rings (SSSR count). The van der Waals surface area contributed by atoms with Crippen LogP contribution in [0.5, 0.6) is 0 Å². The summed E-state index contributed by atoms with van der Waals surface area (Å²) in [7, 11) is 0. The van der Waals surface area contributed by atoms with E-state index < -0.39 is 0 Å². The molecule has 24 heavy (non-hydrogen) atoms. The van der Waals surface area contributed by atoms with E-state index in [1.807, 2.05) is 6.92 Å². The molecule has 1 saturated heterocycles. The zero-order valence-electron chi connectivity index (χ0n) is 15.3. The van der Waals surface area contributed by atoms with Crippen molar-refractivity contribution in [2.45, 2.75) is 58.9 Å². The highest BCUT2D eigenvalue weighted by Crippen LogP contribution is 2.31. The van der Waals surface area contributed by atoms with Crippen LogP contribution >= 0.6 is 0 Å². The van der Waals surface area contributed by atoms with Gasteiger partial charge >= 0.3 is 0 Å². The van der Waals surface area contributed by atoms with Gasteiger partial charge in [-0.2, -0.15) is 5.10 Å². The first-order chi connectivity index (χ1) is 11.5. The molecule has 6 heteroatoms. The second-order valence-electron chi connectivity index (χ2n) is 7.78. The van der Waals surface area contributed by atoms with Crippen LogP contribution < -0.4 is 0 Å². The van der Waals surface area contributed by atoms with Gasteiger partial charge < -0.3 is 4.90 Å². The molecule has 2 fully saturated rings. The van der Waals surface area contributed by atoms with Crippen LogP contribution in [-0.4, -0.2) is 63.1 Å². The lowest BCUT2D eigenvalue weighted by molar-refractivity contribution is -0.131. The Hall–Kier alpha value is -1.43. The van der Waals surface area contributed by atoms with E-state index in [0.717, 1.165) is 43.6 Å². The van der Waals surface area contributed by atoms with Gasteiger partial charge in [0.15, 0.2) is 5.82 Å². The second-order valence-corrected chi connectivity index (χ2v) is 7.78. The lowest BCUT2D eigenvalue weighted by Gasteiger charge is -2.34. The van der Waals surface area contributed by atoms with E-state index in [0.29, 0.717) is 24.8 Å². The predicted molar refractivity (Wildman–Crippen MR) is 93.6 cm³/mol. The summed E-state index contributed by atoms with van der Waals surface area (Å²) in [4.78, 5) is 21.7. The Kier molecular flexibility index (Phi) is 5.54. The average molecular weight is 333 g/mol. The SMILES string of the molecule is Cc1nc(CCC(=O)N2CCCN(CC3CC3)C(C(C)C)C2)n[nH]1. The summed E-state index contributed by atoms with van der Waals surface area (Å²) in [6.45, 7) is 10.6. The molecule has 1 amide bonds. The topological polar surface area (TPSA) is 65.1 Å². The fourth-order valence-electron chi connectivity index (χ4n) is 3.66. The maximum atomic E-state index is 12.7. The molecule has 1 unspecified atom stereocenters. The lowest BCUT2D eigenvalue weighted by atomic mass is 10.0. The van der Waals surface area contributed by atoms with E-state index in [2.05, 4.69) is 38.8 Å². The Balaban J connectivity index is 1.56. The second kappa shape index (κ2) is 7.64. The van der Waals surface area contributed by atoms with E-state index >= 15 is 0 Å². The van der Waals surface area contributed by atoms with Crippen LogP contribution in [0.15, 0.2) is 0 Å². The van der Waals surface area contributed by atoms with Gasteiger partial charge in [0, 0.05) is 45.1 Å². The van der Waals surface area contributed by atoms with Crippen LogP contribution in [0.25, 0.3) is 0 Å². The van der Waals surface area contributed by atoms with Crippen molar-refractivity contribution < 1.29 is 4.79 Å². The summed E-state index contributed by atoms with van der Waals surface area (Å²) in [5.74, 6) is 3.28. The Morgan fingerprint density at radius 2 is 2.12 bits per heavy atom. The minimum atomic E-state index is 0.247. The number of nitrogens with zero attached hydrogens (tertiary/aromatic N) is 4. The quantitative estimate of drug-likeness (QED) is 0.865. The number of hydrogen-bond acceptors (Lipinski definition) is 4. The van der Waals surface area contributed by atoms with Gasteiger partial charge in [0.1, 0.15) is 5.82 Å². The van der Waals surface area contributed by atoms with Crippen LogP contribution in [0.1, 0.15) is 51.2 Å². The first-order valence-electron chi connectivity index (χ1n) is 9.42. The highest BCUT2D eigenvalue weighted by molar-refractivity contribution is 5.76. The summed E-state index contributed by atoms with van der Waals surface area (Å²) in [5.41, 5.74) is 0. The van der Waals surface area contributed by atoms with Crippen molar-refractivity contribution in [2.75, 3.05) is 26.2 Å². The molecule has 1 aromatic heterocycles. The number of hydrogen-bond donors (Lipinski definition) is 1. The smallest absolute Gasteiger partial charge is 0.223 e. The number of rotatable bonds is 6. The molecule has 0 radical (unpaired) electrons. The molecule has 1 N–H and O–H groups in total. The number of H-pyrrole nitrogens is 1. The Morgan fingerprint density at radius 3 is 2.75 bits per heavy atom. The van der Waals surface area contributed by atoms with Crippen molar-refractivity contribution in [1.29, 1.82) is 0 Å². The van der Waals surface area contributed by atoms with E-state index in [1.54, 1.807) is 0 Å². The van der Waals surface area contributed by atoms with Gasteiger partial charge in [0.25, 0.3) is 0 Å². The van der Waals surface area contributed by atoms with Gasteiger partial charge in [-0.1, -0.05) is 13.8 Å². The van der Waals surface area contributed by atoms with Gasteiger partial charge in [0.2, 0.25) is 5.91 Å². The van der Waals surface area contributed by atoms with Crippen molar-refractivity contribution in [3.8, 4) is 0 Å². The fraction of sp³-hybridized carbons (Fsp3) is 0.833. The number of carbonyl (C=O) groups is 1. The summed E-state index contributed by atoms with van der Waals surface area (Å²) < 4.78 is 0. The fourth-order valence-corrected chi connectivity index (χ4v) is 3.66. The molecule has 1 aliphatic carbocycles. The van der Waals surface area contributed by atoms with Crippen LogP contribution in [0.4, 0.5) is 0 Å². The van der Waals surface area contributed by atoms with Crippen molar-refractivity contribution in [1.82, 2.24) is 25.0 Å². The van der Waals surface area contributed by atoms with Crippen LogP contribution in [0, 0.1) is 18.8 Å². The van der Waals surface area contributed by atoms with E-state index in [1.165, 1.54) is 19.4 Å². The Labute approximate surface area is 145 Å². The average Bonchev–Trinajstić information content (AvgIpc) is 3.30. The molecule has 2 heterocycles. The molecule has 0 aromatic carbocycles. The molecule has 0 spiro atoms. The van der Waals surface area contributed by atoms with Gasteiger partial charge in [0.05, 0.1) is 0 Å². The maximum Gasteiger partial charge on any atom is 0.223 e. The highest BCUT2D eigenvalue weighted by Gasteiger charge is 2.33. The first kappa shape index (κ1) is 17.4. The Bertz CT molecular complexity index is 551. The van der Waals surface area contributed by atoms with Crippen LogP contribution in [0.3, 0.4) is 0 Å². The molecule has 1 saturated carbocycles. The van der Waals surface area contributed by atoms with Gasteiger partial charge in [-0.25, -0.2) is 4.98 Å².